The fourth-order valence-electron chi connectivity index (χ4n) is 3.12. The van der Waals surface area contributed by atoms with Crippen molar-refractivity contribution in [1.29, 1.82) is 0 Å². The molecule has 2 rings (SSSR count). The number of nitrogens with one attached hydrogen (secondary N) is 2. The molecule has 2 aromatic rings. The molecule has 33 heavy (non-hydrogen) atoms. The molecule has 0 aliphatic heterocycles. The number of hydrogen-bond donors (Lipinski definition) is 3. The van der Waals surface area contributed by atoms with Crippen LogP contribution in [0.1, 0.15) is 39.3 Å². The number of nitrogens with zero attached hydrogens (tertiary/aromatic N) is 1. The van der Waals surface area contributed by atoms with Crippen LogP contribution in [-0.2, 0) is 14.3 Å². The first-order valence-corrected chi connectivity index (χ1v) is 10.5. The number of aromatic hydroxyl groups is 1. The Morgan fingerprint density at radius 1 is 1.06 bits per heavy atom. The maximum atomic E-state index is 13.3. The minimum atomic E-state index is -1.13. The molecule has 0 radical (unpaired) electrons. The highest BCUT2D eigenvalue weighted by Crippen LogP contribution is 2.30. The topological polar surface area (TPSA) is 117 Å². The Hall–Kier alpha value is -3.75. The van der Waals surface area contributed by atoms with E-state index >= 15 is 0 Å². The highest BCUT2D eigenvalue weighted by atomic mass is 16.6. The summed E-state index contributed by atoms with van der Waals surface area (Å²) in [5, 5.41) is 15.6. The largest absolute Gasteiger partial charge is 0.508 e. The van der Waals surface area contributed by atoms with Crippen LogP contribution < -0.4 is 15.4 Å². The molecule has 0 fully saturated rings. The van der Waals surface area contributed by atoms with Gasteiger partial charge in [-0.2, -0.15) is 0 Å². The summed E-state index contributed by atoms with van der Waals surface area (Å²) in [4.78, 5) is 39.5. The molecule has 1 atom stereocenters. The summed E-state index contributed by atoms with van der Waals surface area (Å²) >= 11 is 0. The zero-order chi connectivity index (χ0) is 24.6. The van der Waals surface area contributed by atoms with Crippen molar-refractivity contribution in [3.8, 4) is 11.5 Å². The van der Waals surface area contributed by atoms with Gasteiger partial charge in [0.05, 0.1) is 7.11 Å². The average Bonchev–Trinajstić information content (AvgIpc) is 2.75. The van der Waals surface area contributed by atoms with Gasteiger partial charge >= 0.3 is 6.09 Å². The Kier molecular flexibility index (Phi) is 8.67. The van der Waals surface area contributed by atoms with Gasteiger partial charge in [0.15, 0.2) is 0 Å². The third-order valence-electron chi connectivity index (χ3n) is 4.59. The van der Waals surface area contributed by atoms with Crippen LogP contribution in [0.2, 0.25) is 0 Å². The van der Waals surface area contributed by atoms with E-state index in [9.17, 15) is 19.5 Å². The number of ether oxygens (including phenoxy) is 2. The van der Waals surface area contributed by atoms with Crippen LogP contribution in [0.15, 0.2) is 48.5 Å². The number of para-hydroxylation sites is 1. The number of benzene rings is 2. The van der Waals surface area contributed by atoms with Crippen LogP contribution in [0.25, 0.3) is 0 Å². The van der Waals surface area contributed by atoms with Gasteiger partial charge < -0.3 is 30.1 Å². The van der Waals surface area contributed by atoms with Crippen LogP contribution in [-0.4, -0.2) is 53.7 Å². The first-order chi connectivity index (χ1) is 15.6. The fourth-order valence-corrected chi connectivity index (χ4v) is 3.12. The Morgan fingerprint density at radius 3 is 2.24 bits per heavy atom. The monoisotopic (exact) mass is 457 g/mol. The molecule has 0 aliphatic rings. The Morgan fingerprint density at radius 2 is 1.70 bits per heavy atom. The molecule has 0 spiro atoms. The van der Waals surface area contributed by atoms with Gasteiger partial charge in [0, 0.05) is 17.8 Å². The van der Waals surface area contributed by atoms with E-state index in [1.54, 1.807) is 70.2 Å². The molecule has 2 aromatic carbocycles. The van der Waals surface area contributed by atoms with E-state index in [1.807, 2.05) is 0 Å². The molecule has 0 bridgehead atoms. The zero-order valence-corrected chi connectivity index (χ0v) is 19.5. The Labute approximate surface area is 193 Å². The van der Waals surface area contributed by atoms with Gasteiger partial charge in [-0.1, -0.05) is 18.2 Å². The van der Waals surface area contributed by atoms with Crippen LogP contribution >= 0.6 is 0 Å². The molecular formula is C24H31N3O6. The number of methoxy groups -OCH3 is 1. The van der Waals surface area contributed by atoms with E-state index in [0.717, 1.165) is 0 Å². The van der Waals surface area contributed by atoms with Gasteiger partial charge in [0.1, 0.15) is 29.7 Å². The molecule has 178 valence electrons. The molecule has 0 saturated carbocycles. The molecule has 9 nitrogen and oxygen atoms in total. The van der Waals surface area contributed by atoms with Gasteiger partial charge in [-0.15, -0.1) is 0 Å². The number of carbonyl (C=O) groups is 3. The molecular weight excluding hydrogens is 426 g/mol. The normalized spacial score (nSPS) is 11.8. The molecule has 9 heteroatoms. The van der Waals surface area contributed by atoms with Crippen molar-refractivity contribution in [2.75, 3.05) is 25.5 Å². The number of hydrogen-bond acceptors (Lipinski definition) is 6. The van der Waals surface area contributed by atoms with Crippen molar-refractivity contribution in [1.82, 2.24) is 10.2 Å². The second-order valence-electron chi connectivity index (χ2n) is 8.21. The second-order valence-corrected chi connectivity index (χ2v) is 8.21. The fraction of sp³-hybridized carbons (Fsp3) is 0.375. The second kappa shape index (κ2) is 11.2. The lowest BCUT2D eigenvalue weighted by atomic mass is 10.0. The number of likely N-dealkylation sites (N-methyl/N-ethyl adjacent to an activating group) is 1. The van der Waals surface area contributed by atoms with Crippen molar-refractivity contribution in [3.63, 3.8) is 0 Å². The molecule has 3 N–H and O–H groups in total. The average molecular weight is 458 g/mol. The molecule has 0 heterocycles. The Balaban J connectivity index is 2.27. The number of phenols is 1. The molecule has 0 aromatic heterocycles. The molecule has 3 amide bonds. The van der Waals surface area contributed by atoms with Gasteiger partial charge in [-0.05, 0) is 58.0 Å². The number of anilines is 1. The van der Waals surface area contributed by atoms with Crippen molar-refractivity contribution >= 4 is 23.6 Å². The van der Waals surface area contributed by atoms with Crippen molar-refractivity contribution in [2.45, 2.75) is 39.3 Å². The molecule has 0 aliphatic carbocycles. The van der Waals surface area contributed by atoms with E-state index in [2.05, 4.69) is 10.6 Å². The van der Waals surface area contributed by atoms with Crippen molar-refractivity contribution in [2.24, 2.45) is 0 Å². The molecule has 1 unspecified atom stereocenters. The van der Waals surface area contributed by atoms with Gasteiger partial charge in [-0.25, -0.2) is 4.79 Å². The zero-order valence-electron chi connectivity index (χ0n) is 19.5. The minimum Gasteiger partial charge on any atom is -0.508 e. The van der Waals surface area contributed by atoms with Crippen molar-refractivity contribution in [3.05, 3.63) is 54.1 Å². The van der Waals surface area contributed by atoms with Crippen LogP contribution in [0.5, 0.6) is 11.5 Å². The number of rotatable bonds is 8. The number of amides is 3. The summed E-state index contributed by atoms with van der Waals surface area (Å²) < 4.78 is 10.3. The SMILES string of the molecule is CCN(C(=O)CNC(=O)OC(C)(C)C)C(C(=O)Nc1ccc(OC)cc1)c1ccccc1O. The summed E-state index contributed by atoms with van der Waals surface area (Å²) in [6, 6.07) is 11.9. The van der Waals surface area contributed by atoms with Gasteiger partial charge in [0.25, 0.3) is 5.91 Å². The standard InChI is InChI=1S/C24H31N3O6/c1-6-27(20(29)15-25-23(31)33-24(2,3)4)21(18-9-7-8-10-19(18)28)22(30)26-16-11-13-17(32-5)14-12-16/h7-14,21,28H,6,15H2,1-5H3,(H,25,31)(H,26,30). The first kappa shape index (κ1) is 25.5. The highest BCUT2D eigenvalue weighted by molar-refractivity contribution is 5.98. The van der Waals surface area contributed by atoms with E-state index < -0.39 is 29.6 Å². The number of alkyl carbamates (subject to hydrolysis) is 1. The van der Waals surface area contributed by atoms with Gasteiger partial charge in [-0.3, -0.25) is 9.59 Å². The summed E-state index contributed by atoms with van der Waals surface area (Å²) in [5.74, 6) is -0.529. The number of phenolic OH excluding ortho intramolecular Hbond substituents is 1. The van der Waals surface area contributed by atoms with E-state index in [0.29, 0.717) is 11.4 Å². The van der Waals surface area contributed by atoms with E-state index in [-0.39, 0.29) is 24.4 Å². The minimum absolute atomic E-state index is 0.126. The molecule has 0 saturated heterocycles. The van der Waals surface area contributed by atoms with Crippen LogP contribution in [0.4, 0.5) is 10.5 Å². The first-order valence-electron chi connectivity index (χ1n) is 10.5. The number of carbonyl (C=O) groups excluding carboxylic acids is 3. The lowest BCUT2D eigenvalue weighted by Crippen LogP contribution is -2.46. The van der Waals surface area contributed by atoms with Crippen LogP contribution in [0.3, 0.4) is 0 Å². The third kappa shape index (κ3) is 7.41. The predicted molar refractivity (Wildman–Crippen MR) is 124 cm³/mol. The third-order valence-corrected chi connectivity index (χ3v) is 4.59. The highest BCUT2D eigenvalue weighted by Gasteiger charge is 2.32. The summed E-state index contributed by atoms with van der Waals surface area (Å²) in [7, 11) is 1.54. The quantitative estimate of drug-likeness (QED) is 0.559. The maximum absolute atomic E-state index is 13.3. The van der Waals surface area contributed by atoms with Crippen molar-refractivity contribution < 1.29 is 29.0 Å². The van der Waals surface area contributed by atoms with Gasteiger partial charge in [0.2, 0.25) is 5.91 Å². The lowest BCUT2D eigenvalue weighted by Gasteiger charge is -2.31. The lowest BCUT2D eigenvalue weighted by molar-refractivity contribution is -0.138. The maximum Gasteiger partial charge on any atom is 0.408 e. The smallest absolute Gasteiger partial charge is 0.408 e. The Bertz CT molecular complexity index is 969. The summed E-state index contributed by atoms with van der Waals surface area (Å²) in [6.07, 6.45) is -0.742. The summed E-state index contributed by atoms with van der Waals surface area (Å²) in [6.45, 7) is 6.63. The predicted octanol–water partition coefficient (Wildman–Crippen LogP) is 3.45. The van der Waals surface area contributed by atoms with E-state index in [1.165, 1.54) is 18.1 Å². The van der Waals surface area contributed by atoms with E-state index in [4.69, 9.17) is 9.47 Å². The summed E-state index contributed by atoms with van der Waals surface area (Å²) in [5.41, 5.74) is 0.0429. The van der Waals surface area contributed by atoms with Crippen LogP contribution in [0, 0.1) is 0 Å².